The van der Waals surface area contributed by atoms with Crippen LogP contribution in [0.4, 0.5) is 0 Å². The van der Waals surface area contributed by atoms with Crippen molar-refractivity contribution in [2.24, 2.45) is 0 Å². The lowest BCUT2D eigenvalue weighted by Gasteiger charge is -2.29. The summed E-state index contributed by atoms with van der Waals surface area (Å²) in [7, 11) is 0. The molecule has 2 heterocycles. The van der Waals surface area contributed by atoms with Crippen LogP contribution < -0.4 is 10.6 Å². The lowest BCUT2D eigenvalue weighted by molar-refractivity contribution is -0.123. The Morgan fingerprint density at radius 2 is 2.03 bits per heavy atom. The second-order valence-electron chi connectivity index (χ2n) is 8.80. The predicted octanol–water partition coefficient (Wildman–Crippen LogP) is 4.76. The fraction of sp³-hybridized carbons (Fsp3) is 0.400. The molecule has 1 saturated heterocycles. The third kappa shape index (κ3) is 5.13. The molecule has 1 aliphatic heterocycles. The summed E-state index contributed by atoms with van der Waals surface area (Å²) in [5, 5.41) is 6.94. The lowest BCUT2D eigenvalue weighted by Crippen LogP contribution is -2.44. The average molecular weight is 453 g/mol. The van der Waals surface area contributed by atoms with E-state index in [2.05, 4.69) is 26.7 Å². The molecule has 0 radical (unpaired) electrons. The Bertz CT molecular complexity index is 1120. The topological polar surface area (TPSA) is 86.9 Å². The van der Waals surface area contributed by atoms with Gasteiger partial charge in [-0.05, 0) is 68.0 Å². The number of benzene rings is 2. The predicted molar refractivity (Wildman–Crippen MR) is 127 cm³/mol. The van der Waals surface area contributed by atoms with E-state index in [9.17, 15) is 9.59 Å². The quantitative estimate of drug-likeness (QED) is 0.460. The van der Waals surface area contributed by atoms with Crippen molar-refractivity contribution in [2.45, 2.75) is 64.0 Å². The van der Waals surface area contributed by atoms with Crippen molar-refractivity contribution in [3.8, 4) is 0 Å². The number of nitrogens with zero attached hydrogens (tertiary/aromatic N) is 1. The number of hydrogen-bond donors (Lipinski definition) is 3. The summed E-state index contributed by atoms with van der Waals surface area (Å²) in [6, 6.07) is 13.6. The molecule has 7 heteroatoms. The van der Waals surface area contributed by atoms with Gasteiger partial charge in [-0.25, -0.2) is 4.98 Å². The number of imidazole rings is 1. The molecule has 0 saturated carbocycles. The highest BCUT2D eigenvalue weighted by Crippen LogP contribution is 2.30. The SMILES string of the molecule is CCC(NC(=O)CCC1(Cc2ccc(Cl)cc2)CCC(=O)N1)c1nc2ccc(C)cc2[nH]1. The zero-order chi connectivity index (χ0) is 22.7. The summed E-state index contributed by atoms with van der Waals surface area (Å²) in [6.45, 7) is 4.07. The molecule has 2 amide bonds. The summed E-state index contributed by atoms with van der Waals surface area (Å²) in [6.07, 6.45) is 3.56. The number of hydrogen-bond acceptors (Lipinski definition) is 3. The van der Waals surface area contributed by atoms with Crippen LogP contribution in [0.5, 0.6) is 0 Å². The Kier molecular flexibility index (Phi) is 6.51. The molecular formula is C25H29ClN4O2. The Morgan fingerprint density at radius 1 is 1.25 bits per heavy atom. The van der Waals surface area contributed by atoms with Gasteiger partial charge in [0.1, 0.15) is 5.82 Å². The molecule has 0 bridgehead atoms. The number of fused-ring (bicyclic) bond motifs is 1. The monoisotopic (exact) mass is 452 g/mol. The van der Waals surface area contributed by atoms with Gasteiger partial charge in [0.2, 0.25) is 11.8 Å². The van der Waals surface area contributed by atoms with Gasteiger partial charge in [-0.2, -0.15) is 0 Å². The Hall–Kier alpha value is -2.86. The van der Waals surface area contributed by atoms with Gasteiger partial charge < -0.3 is 15.6 Å². The number of amides is 2. The first-order valence-corrected chi connectivity index (χ1v) is 11.5. The normalized spacial score (nSPS) is 19.2. The van der Waals surface area contributed by atoms with Crippen molar-refractivity contribution in [2.75, 3.05) is 0 Å². The van der Waals surface area contributed by atoms with E-state index in [0.717, 1.165) is 40.8 Å². The van der Waals surface area contributed by atoms with Gasteiger partial charge in [-0.1, -0.05) is 36.7 Å². The number of aryl methyl sites for hydroxylation is 1. The van der Waals surface area contributed by atoms with Crippen LogP contribution in [-0.4, -0.2) is 27.3 Å². The fourth-order valence-corrected chi connectivity index (χ4v) is 4.59. The molecule has 4 rings (SSSR count). The highest BCUT2D eigenvalue weighted by atomic mass is 35.5. The minimum absolute atomic E-state index is 0.0369. The third-order valence-electron chi connectivity index (χ3n) is 6.25. The number of aromatic amines is 1. The first-order chi connectivity index (χ1) is 15.4. The van der Waals surface area contributed by atoms with Crippen LogP contribution in [0.1, 0.15) is 62.0 Å². The zero-order valence-electron chi connectivity index (χ0n) is 18.5. The van der Waals surface area contributed by atoms with Gasteiger partial charge in [0, 0.05) is 23.4 Å². The molecule has 1 fully saturated rings. The van der Waals surface area contributed by atoms with Gasteiger partial charge >= 0.3 is 0 Å². The maximum absolute atomic E-state index is 12.8. The van der Waals surface area contributed by atoms with E-state index < -0.39 is 5.54 Å². The maximum Gasteiger partial charge on any atom is 0.220 e. The van der Waals surface area contributed by atoms with Gasteiger partial charge in [-0.15, -0.1) is 0 Å². The average Bonchev–Trinajstić information content (AvgIpc) is 3.35. The first-order valence-electron chi connectivity index (χ1n) is 11.2. The maximum atomic E-state index is 12.8. The Balaban J connectivity index is 1.41. The molecule has 2 atom stereocenters. The number of halogens is 1. The fourth-order valence-electron chi connectivity index (χ4n) is 4.47. The Morgan fingerprint density at radius 3 is 2.72 bits per heavy atom. The molecule has 3 aromatic rings. The van der Waals surface area contributed by atoms with Crippen molar-refractivity contribution in [1.29, 1.82) is 0 Å². The van der Waals surface area contributed by atoms with E-state index in [1.165, 1.54) is 0 Å². The Labute approximate surface area is 193 Å². The number of H-pyrrole nitrogens is 1. The highest BCUT2D eigenvalue weighted by molar-refractivity contribution is 6.30. The molecule has 32 heavy (non-hydrogen) atoms. The molecule has 0 aliphatic carbocycles. The summed E-state index contributed by atoms with van der Waals surface area (Å²) < 4.78 is 0. The van der Waals surface area contributed by atoms with Crippen molar-refractivity contribution in [3.05, 3.63) is 64.4 Å². The summed E-state index contributed by atoms with van der Waals surface area (Å²) >= 11 is 6.00. The molecule has 2 aromatic carbocycles. The van der Waals surface area contributed by atoms with E-state index >= 15 is 0 Å². The molecule has 2 unspecified atom stereocenters. The molecule has 6 nitrogen and oxygen atoms in total. The van der Waals surface area contributed by atoms with E-state index in [-0.39, 0.29) is 17.9 Å². The van der Waals surface area contributed by atoms with Crippen molar-refractivity contribution in [3.63, 3.8) is 0 Å². The molecule has 3 N–H and O–H groups in total. The standard InChI is InChI=1S/C25H29ClN4O2/c1-3-19(24-28-20-9-4-16(2)14-21(20)29-24)27-22(31)10-12-25(13-11-23(32)30-25)15-17-5-7-18(26)8-6-17/h4-9,14,19H,3,10-13,15H2,1-2H3,(H,27,31)(H,28,29)(H,30,32). The van der Waals surface area contributed by atoms with Crippen LogP contribution in [-0.2, 0) is 16.0 Å². The summed E-state index contributed by atoms with van der Waals surface area (Å²) in [5.74, 6) is 0.778. The van der Waals surface area contributed by atoms with Crippen LogP contribution in [0.3, 0.4) is 0 Å². The summed E-state index contributed by atoms with van der Waals surface area (Å²) in [5.41, 5.74) is 3.73. The highest BCUT2D eigenvalue weighted by Gasteiger charge is 2.38. The van der Waals surface area contributed by atoms with Gasteiger partial charge in [0.15, 0.2) is 0 Å². The molecule has 1 aliphatic rings. The van der Waals surface area contributed by atoms with E-state index in [1.807, 2.05) is 50.2 Å². The van der Waals surface area contributed by atoms with E-state index in [0.29, 0.717) is 30.7 Å². The molecular weight excluding hydrogens is 424 g/mol. The number of nitrogens with one attached hydrogen (secondary N) is 3. The van der Waals surface area contributed by atoms with Crippen molar-refractivity contribution in [1.82, 2.24) is 20.6 Å². The molecule has 1 aromatic heterocycles. The molecule has 0 spiro atoms. The van der Waals surface area contributed by atoms with Gasteiger partial charge in [-0.3, -0.25) is 9.59 Å². The second kappa shape index (κ2) is 9.33. The summed E-state index contributed by atoms with van der Waals surface area (Å²) in [4.78, 5) is 32.9. The smallest absolute Gasteiger partial charge is 0.220 e. The van der Waals surface area contributed by atoms with Crippen LogP contribution in [0.15, 0.2) is 42.5 Å². The first kappa shape index (κ1) is 22.3. The van der Waals surface area contributed by atoms with Crippen molar-refractivity contribution < 1.29 is 9.59 Å². The second-order valence-corrected chi connectivity index (χ2v) is 9.24. The van der Waals surface area contributed by atoms with E-state index in [4.69, 9.17) is 11.6 Å². The van der Waals surface area contributed by atoms with Gasteiger partial charge in [0.05, 0.1) is 17.1 Å². The van der Waals surface area contributed by atoms with Gasteiger partial charge in [0.25, 0.3) is 0 Å². The lowest BCUT2D eigenvalue weighted by atomic mass is 9.85. The number of carbonyl (C=O) groups is 2. The number of aromatic nitrogens is 2. The van der Waals surface area contributed by atoms with Crippen LogP contribution in [0.2, 0.25) is 5.02 Å². The third-order valence-corrected chi connectivity index (χ3v) is 6.50. The zero-order valence-corrected chi connectivity index (χ0v) is 19.3. The molecule has 168 valence electrons. The minimum atomic E-state index is -0.402. The number of rotatable bonds is 8. The van der Waals surface area contributed by atoms with Crippen molar-refractivity contribution >= 4 is 34.4 Å². The number of carbonyl (C=O) groups excluding carboxylic acids is 2. The largest absolute Gasteiger partial charge is 0.350 e. The minimum Gasteiger partial charge on any atom is -0.350 e. The van der Waals surface area contributed by atoms with Crippen LogP contribution in [0.25, 0.3) is 11.0 Å². The van der Waals surface area contributed by atoms with E-state index in [1.54, 1.807) is 0 Å². The van der Waals surface area contributed by atoms with Crippen LogP contribution >= 0.6 is 11.6 Å². The van der Waals surface area contributed by atoms with Crippen LogP contribution in [0, 0.1) is 6.92 Å².